The van der Waals surface area contributed by atoms with Crippen LogP contribution < -0.4 is 11.1 Å². The summed E-state index contributed by atoms with van der Waals surface area (Å²) in [6.07, 6.45) is 3.61. The Morgan fingerprint density at radius 1 is 1.50 bits per heavy atom. The maximum absolute atomic E-state index is 6.05. The number of aryl methyl sites for hydroxylation is 1. The lowest BCUT2D eigenvalue weighted by Crippen LogP contribution is -2.56. The first-order valence-electron chi connectivity index (χ1n) is 5.54. The van der Waals surface area contributed by atoms with E-state index in [0.717, 1.165) is 17.9 Å². The molecule has 1 aromatic rings. The Hall–Kier alpha value is -1.04. The topological polar surface area (TPSA) is 73.1 Å². The molecule has 5 heteroatoms. The van der Waals surface area contributed by atoms with Gasteiger partial charge in [0.2, 0.25) is 0 Å². The fourth-order valence-corrected chi connectivity index (χ4v) is 1.98. The van der Waals surface area contributed by atoms with Crippen molar-refractivity contribution in [2.75, 3.05) is 19.7 Å². The number of nitrogens with one attached hydrogen (secondary N) is 1. The molecule has 0 radical (unpaired) electrons. The van der Waals surface area contributed by atoms with Crippen LogP contribution in [0.5, 0.6) is 0 Å². The quantitative estimate of drug-likeness (QED) is 0.734. The Labute approximate surface area is 95.4 Å². The minimum absolute atomic E-state index is 0.105. The molecular weight excluding hydrogens is 204 g/mol. The van der Waals surface area contributed by atoms with Crippen LogP contribution in [0.15, 0.2) is 12.4 Å². The van der Waals surface area contributed by atoms with Crippen LogP contribution in [0.2, 0.25) is 0 Å². The van der Waals surface area contributed by atoms with E-state index in [-0.39, 0.29) is 6.04 Å². The summed E-state index contributed by atoms with van der Waals surface area (Å²) in [7, 11) is 0. The largest absolute Gasteiger partial charge is 0.366 e. The lowest BCUT2D eigenvalue weighted by molar-refractivity contribution is -0.0850. The van der Waals surface area contributed by atoms with Crippen LogP contribution in [0, 0.1) is 6.92 Å². The fourth-order valence-electron chi connectivity index (χ4n) is 1.98. The number of ether oxygens (including phenoxy) is 1. The van der Waals surface area contributed by atoms with Crippen molar-refractivity contribution in [3.63, 3.8) is 0 Å². The van der Waals surface area contributed by atoms with E-state index in [9.17, 15) is 0 Å². The molecule has 0 aromatic carbocycles. The molecule has 16 heavy (non-hydrogen) atoms. The summed E-state index contributed by atoms with van der Waals surface area (Å²) >= 11 is 0. The summed E-state index contributed by atoms with van der Waals surface area (Å²) < 4.78 is 5.89. The first kappa shape index (κ1) is 11.4. The molecule has 1 aliphatic rings. The van der Waals surface area contributed by atoms with Crippen molar-refractivity contribution in [3.05, 3.63) is 23.8 Å². The van der Waals surface area contributed by atoms with Gasteiger partial charge in [0, 0.05) is 37.1 Å². The van der Waals surface area contributed by atoms with Crippen molar-refractivity contribution in [1.82, 2.24) is 15.3 Å². The molecule has 3 N–H and O–H groups in total. The van der Waals surface area contributed by atoms with E-state index in [0.29, 0.717) is 13.2 Å². The summed E-state index contributed by atoms with van der Waals surface area (Å²) in [5.41, 5.74) is 6.50. The lowest BCUT2D eigenvalue weighted by atomic mass is 9.88. The molecule has 0 saturated carbocycles. The predicted octanol–water partition coefficient (Wildman–Crippen LogP) is -0.0527. The zero-order valence-electron chi connectivity index (χ0n) is 9.73. The molecule has 1 aliphatic heterocycles. The average molecular weight is 222 g/mol. The van der Waals surface area contributed by atoms with Crippen LogP contribution in [0.25, 0.3) is 0 Å². The Morgan fingerprint density at radius 2 is 2.19 bits per heavy atom. The summed E-state index contributed by atoms with van der Waals surface area (Å²) in [4.78, 5) is 8.41. The third kappa shape index (κ3) is 1.93. The average Bonchev–Trinajstić information content (AvgIpc) is 2.30. The Balaban J connectivity index is 2.34. The second-order valence-electron chi connectivity index (χ2n) is 4.22. The molecule has 1 fully saturated rings. The first-order valence-corrected chi connectivity index (χ1v) is 5.54. The number of hydrogen-bond acceptors (Lipinski definition) is 5. The minimum atomic E-state index is -0.494. The third-order valence-electron chi connectivity index (χ3n) is 3.03. The highest BCUT2D eigenvalue weighted by atomic mass is 16.5. The van der Waals surface area contributed by atoms with E-state index in [2.05, 4.69) is 15.3 Å². The Kier molecular flexibility index (Phi) is 3.18. The van der Waals surface area contributed by atoms with Gasteiger partial charge in [0.15, 0.2) is 0 Å². The van der Waals surface area contributed by atoms with Crippen LogP contribution in [0.4, 0.5) is 0 Å². The highest BCUT2D eigenvalue weighted by Gasteiger charge is 2.39. The van der Waals surface area contributed by atoms with Gasteiger partial charge in [-0.15, -0.1) is 0 Å². The molecule has 0 spiro atoms. The lowest BCUT2D eigenvalue weighted by Gasteiger charge is -2.40. The van der Waals surface area contributed by atoms with Crippen LogP contribution >= 0.6 is 0 Å². The van der Waals surface area contributed by atoms with Gasteiger partial charge in [-0.25, -0.2) is 9.97 Å². The van der Waals surface area contributed by atoms with Crippen molar-refractivity contribution in [3.8, 4) is 0 Å². The number of hydrogen-bond donors (Lipinski definition) is 2. The van der Waals surface area contributed by atoms with Gasteiger partial charge in [0.25, 0.3) is 0 Å². The van der Waals surface area contributed by atoms with Crippen molar-refractivity contribution >= 4 is 0 Å². The number of rotatable bonds is 2. The van der Waals surface area contributed by atoms with Gasteiger partial charge in [-0.3, -0.25) is 0 Å². The molecule has 2 atom stereocenters. The molecule has 2 unspecified atom stereocenters. The minimum Gasteiger partial charge on any atom is -0.366 e. The number of nitrogens with two attached hydrogens (primary N) is 1. The maximum Gasteiger partial charge on any atom is 0.125 e. The zero-order chi connectivity index (χ0) is 11.6. The van der Waals surface area contributed by atoms with Crippen LogP contribution in [0.3, 0.4) is 0 Å². The first-order chi connectivity index (χ1) is 7.65. The van der Waals surface area contributed by atoms with E-state index in [4.69, 9.17) is 10.5 Å². The van der Waals surface area contributed by atoms with Gasteiger partial charge >= 0.3 is 0 Å². The molecule has 88 valence electrons. The van der Waals surface area contributed by atoms with Crippen molar-refractivity contribution < 1.29 is 4.74 Å². The zero-order valence-corrected chi connectivity index (χ0v) is 9.73. The summed E-state index contributed by atoms with van der Waals surface area (Å²) in [5, 5.41) is 3.31. The smallest absolute Gasteiger partial charge is 0.125 e. The standard InChI is InChI=1S/C11H18N4O/c1-8(12)11(7-13-3-4-16-11)10-5-14-9(2)15-6-10/h5-6,8,13H,3-4,7,12H2,1-2H3. The summed E-state index contributed by atoms with van der Waals surface area (Å²) in [6, 6.07) is -0.105. The molecule has 1 saturated heterocycles. The van der Waals surface area contributed by atoms with Crippen LogP contribution in [-0.2, 0) is 10.3 Å². The molecule has 5 nitrogen and oxygen atoms in total. The van der Waals surface area contributed by atoms with Crippen LogP contribution in [0.1, 0.15) is 18.3 Å². The van der Waals surface area contributed by atoms with Gasteiger partial charge in [-0.2, -0.15) is 0 Å². The highest BCUT2D eigenvalue weighted by Crippen LogP contribution is 2.28. The monoisotopic (exact) mass is 222 g/mol. The fraction of sp³-hybridized carbons (Fsp3) is 0.636. The molecule has 0 amide bonds. The maximum atomic E-state index is 6.05. The van der Waals surface area contributed by atoms with Crippen molar-refractivity contribution in [2.45, 2.75) is 25.5 Å². The van der Waals surface area contributed by atoms with Gasteiger partial charge in [0.1, 0.15) is 11.4 Å². The van der Waals surface area contributed by atoms with Crippen molar-refractivity contribution in [2.24, 2.45) is 5.73 Å². The van der Waals surface area contributed by atoms with Gasteiger partial charge in [-0.1, -0.05) is 0 Å². The Morgan fingerprint density at radius 3 is 2.69 bits per heavy atom. The highest BCUT2D eigenvalue weighted by molar-refractivity contribution is 5.20. The second kappa shape index (κ2) is 4.45. The summed E-state index contributed by atoms with van der Waals surface area (Å²) in [5.74, 6) is 0.757. The van der Waals surface area contributed by atoms with Gasteiger partial charge in [-0.05, 0) is 13.8 Å². The number of aromatic nitrogens is 2. The molecular formula is C11H18N4O. The van der Waals surface area contributed by atoms with Gasteiger partial charge < -0.3 is 15.8 Å². The molecule has 2 rings (SSSR count). The SMILES string of the molecule is Cc1ncc(C2(C(C)N)CNCCO2)cn1. The van der Waals surface area contributed by atoms with E-state index in [1.54, 1.807) is 12.4 Å². The molecule has 0 bridgehead atoms. The van der Waals surface area contributed by atoms with Crippen molar-refractivity contribution in [1.29, 1.82) is 0 Å². The number of nitrogens with zero attached hydrogens (tertiary/aromatic N) is 2. The molecule has 2 heterocycles. The summed E-state index contributed by atoms with van der Waals surface area (Å²) in [6.45, 7) is 6.04. The molecule has 1 aromatic heterocycles. The van der Waals surface area contributed by atoms with Crippen LogP contribution in [-0.4, -0.2) is 35.7 Å². The third-order valence-corrected chi connectivity index (χ3v) is 3.03. The van der Waals surface area contributed by atoms with E-state index >= 15 is 0 Å². The van der Waals surface area contributed by atoms with E-state index < -0.39 is 5.60 Å². The number of morpholine rings is 1. The predicted molar refractivity (Wildman–Crippen MR) is 60.9 cm³/mol. The van der Waals surface area contributed by atoms with Gasteiger partial charge in [0.05, 0.1) is 6.61 Å². The normalized spacial score (nSPS) is 27.7. The van der Waals surface area contributed by atoms with E-state index in [1.165, 1.54) is 0 Å². The van der Waals surface area contributed by atoms with E-state index in [1.807, 2.05) is 13.8 Å². The Bertz CT molecular complexity index is 344. The second-order valence-corrected chi connectivity index (χ2v) is 4.22. The molecule has 0 aliphatic carbocycles.